The van der Waals surface area contributed by atoms with E-state index in [2.05, 4.69) is 10.3 Å². The quantitative estimate of drug-likeness (QED) is 0.705. The van der Waals surface area contributed by atoms with E-state index >= 15 is 0 Å². The predicted octanol–water partition coefficient (Wildman–Crippen LogP) is 3.83. The number of aryl methyl sites for hydroxylation is 1. The lowest BCUT2D eigenvalue weighted by molar-refractivity contribution is -0.114. The van der Waals surface area contributed by atoms with Gasteiger partial charge in [-0.3, -0.25) is 9.10 Å². The van der Waals surface area contributed by atoms with Gasteiger partial charge >= 0.3 is 0 Å². The molecule has 2 aromatic carbocycles. The fourth-order valence-corrected chi connectivity index (χ4v) is 5.44. The lowest BCUT2D eigenvalue weighted by Crippen LogP contribution is -2.29. The van der Waals surface area contributed by atoms with E-state index in [-0.39, 0.29) is 10.8 Å². The molecule has 0 spiro atoms. The number of rotatable bonds is 4. The van der Waals surface area contributed by atoms with Crippen LogP contribution in [0.15, 0.2) is 52.7 Å². The number of carbonyl (C=O) groups is 1. The summed E-state index contributed by atoms with van der Waals surface area (Å²) in [5, 5.41) is 5.65. The molecule has 1 amide bonds. The number of nitrogens with one attached hydrogen (secondary N) is 1. The lowest BCUT2D eigenvalue weighted by atomic mass is 10.1. The molecule has 1 aliphatic heterocycles. The number of sulfonamides is 1. The average molecular weight is 414 g/mol. The molecule has 28 heavy (non-hydrogen) atoms. The Hall–Kier alpha value is -2.71. The van der Waals surface area contributed by atoms with E-state index in [0.717, 1.165) is 21.8 Å². The highest BCUT2D eigenvalue weighted by Gasteiger charge is 2.31. The van der Waals surface area contributed by atoms with Crippen molar-refractivity contribution in [2.45, 2.75) is 25.2 Å². The number of thiazole rings is 1. The zero-order valence-corrected chi connectivity index (χ0v) is 17.1. The Morgan fingerprint density at radius 2 is 1.93 bits per heavy atom. The van der Waals surface area contributed by atoms with Gasteiger partial charge in [-0.05, 0) is 55.3 Å². The van der Waals surface area contributed by atoms with E-state index < -0.39 is 10.0 Å². The van der Waals surface area contributed by atoms with Gasteiger partial charge in [-0.25, -0.2) is 13.4 Å². The first-order chi connectivity index (χ1) is 13.3. The van der Waals surface area contributed by atoms with Gasteiger partial charge < -0.3 is 5.32 Å². The molecule has 6 nitrogen and oxygen atoms in total. The summed E-state index contributed by atoms with van der Waals surface area (Å²) in [4.78, 5) is 15.8. The number of hydrogen-bond donors (Lipinski definition) is 1. The standard InChI is InChI=1S/C20H19N3O3S2/c1-13(24)21-17-4-6-18(7-5-17)28(25,26)23-10-9-16-11-15(3-8-20(16)23)19-12-27-14(2)22-19/h3-8,11-12H,9-10H2,1-2H3,(H,21,24). The molecule has 2 heterocycles. The van der Waals surface area contributed by atoms with Crippen LogP contribution in [0.2, 0.25) is 0 Å². The molecule has 0 unspecified atom stereocenters. The number of hydrogen-bond acceptors (Lipinski definition) is 5. The first kappa shape index (κ1) is 18.6. The van der Waals surface area contributed by atoms with Crippen LogP contribution in [0.1, 0.15) is 17.5 Å². The minimum Gasteiger partial charge on any atom is -0.326 e. The largest absolute Gasteiger partial charge is 0.326 e. The smallest absolute Gasteiger partial charge is 0.264 e. The Balaban J connectivity index is 1.63. The maximum atomic E-state index is 13.1. The zero-order chi connectivity index (χ0) is 19.9. The van der Waals surface area contributed by atoms with E-state index in [1.807, 2.05) is 30.5 Å². The second-order valence-corrected chi connectivity index (χ2v) is 9.55. The Labute approximate surface area is 167 Å². The van der Waals surface area contributed by atoms with Crippen molar-refractivity contribution in [3.8, 4) is 11.3 Å². The summed E-state index contributed by atoms with van der Waals surface area (Å²) in [6.07, 6.45) is 0.662. The van der Waals surface area contributed by atoms with Crippen LogP contribution in [0.4, 0.5) is 11.4 Å². The zero-order valence-electron chi connectivity index (χ0n) is 15.5. The number of amides is 1. The van der Waals surface area contributed by atoms with Crippen molar-refractivity contribution in [2.24, 2.45) is 0 Å². The van der Waals surface area contributed by atoms with E-state index in [1.165, 1.54) is 23.4 Å². The molecule has 1 aliphatic rings. The summed E-state index contributed by atoms with van der Waals surface area (Å²) < 4.78 is 27.7. The Bertz CT molecular complexity index is 1150. The van der Waals surface area contributed by atoms with Gasteiger partial charge in [0.15, 0.2) is 0 Å². The van der Waals surface area contributed by atoms with Gasteiger partial charge in [-0.1, -0.05) is 6.07 Å². The molecule has 0 saturated heterocycles. The molecule has 0 saturated carbocycles. The second kappa shape index (κ2) is 7.03. The van der Waals surface area contributed by atoms with Gasteiger partial charge in [0.1, 0.15) is 0 Å². The molecule has 8 heteroatoms. The Morgan fingerprint density at radius 3 is 2.57 bits per heavy atom. The van der Waals surface area contributed by atoms with Crippen LogP contribution in [0.25, 0.3) is 11.3 Å². The Morgan fingerprint density at radius 1 is 1.18 bits per heavy atom. The molecule has 3 aromatic rings. The number of fused-ring (bicyclic) bond motifs is 1. The highest BCUT2D eigenvalue weighted by molar-refractivity contribution is 7.92. The summed E-state index contributed by atoms with van der Waals surface area (Å²) >= 11 is 1.60. The van der Waals surface area contributed by atoms with Crippen molar-refractivity contribution in [1.82, 2.24) is 4.98 Å². The summed E-state index contributed by atoms with van der Waals surface area (Å²) in [6.45, 7) is 3.78. The fraction of sp³-hybridized carbons (Fsp3) is 0.200. The van der Waals surface area contributed by atoms with Crippen LogP contribution in [-0.2, 0) is 21.2 Å². The van der Waals surface area contributed by atoms with E-state index in [0.29, 0.717) is 24.3 Å². The highest BCUT2D eigenvalue weighted by atomic mass is 32.2. The van der Waals surface area contributed by atoms with Crippen molar-refractivity contribution in [2.75, 3.05) is 16.2 Å². The van der Waals surface area contributed by atoms with Gasteiger partial charge in [-0.2, -0.15) is 0 Å². The first-order valence-corrected chi connectivity index (χ1v) is 11.1. The predicted molar refractivity (Wildman–Crippen MR) is 111 cm³/mol. The second-order valence-electron chi connectivity index (χ2n) is 6.63. The number of anilines is 2. The highest BCUT2D eigenvalue weighted by Crippen LogP contribution is 2.36. The van der Waals surface area contributed by atoms with Crippen molar-refractivity contribution < 1.29 is 13.2 Å². The van der Waals surface area contributed by atoms with E-state index in [9.17, 15) is 13.2 Å². The molecule has 0 bridgehead atoms. The maximum Gasteiger partial charge on any atom is 0.264 e. The van der Waals surface area contributed by atoms with Crippen LogP contribution in [0.5, 0.6) is 0 Å². The summed E-state index contributed by atoms with van der Waals surface area (Å²) in [7, 11) is -3.66. The summed E-state index contributed by atoms with van der Waals surface area (Å²) in [6, 6.07) is 12.0. The van der Waals surface area contributed by atoms with Gasteiger partial charge in [0.25, 0.3) is 10.0 Å². The molecule has 4 rings (SSSR count). The van der Waals surface area contributed by atoms with E-state index in [4.69, 9.17) is 0 Å². The van der Waals surface area contributed by atoms with Gasteiger partial charge in [0, 0.05) is 30.1 Å². The number of aromatic nitrogens is 1. The SMILES string of the molecule is CC(=O)Nc1ccc(S(=O)(=O)N2CCc3cc(-c4csc(C)n4)ccc32)cc1. The molecule has 0 fully saturated rings. The van der Waals surface area contributed by atoms with Gasteiger partial charge in [0.05, 0.1) is 21.3 Å². The number of nitrogens with zero attached hydrogens (tertiary/aromatic N) is 2. The van der Waals surface area contributed by atoms with Crippen LogP contribution in [0, 0.1) is 6.92 Å². The molecular weight excluding hydrogens is 394 g/mol. The van der Waals surface area contributed by atoms with Crippen molar-refractivity contribution in [3.05, 3.63) is 58.4 Å². The topological polar surface area (TPSA) is 79.4 Å². The third-order valence-corrected chi connectivity index (χ3v) is 7.21. The fourth-order valence-electron chi connectivity index (χ4n) is 3.32. The monoisotopic (exact) mass is 413 g/mol. The third-order valence-electron chi connectivity index (χ3n) is 4.61. The normalized spacial score (nSPS) is 13.4. The average Bonchev–Trinajstić information content (AvgIpc) is 3.27. The first-order valence-electron chi connectivity index (χ1n) is 8.80. The van der Waals surface area contributed by atoms with Crippen molar-refractivity contribution in [3.63, 3.8) is 0 Å². The minimum atomic E-state index is -3.66. The summed E-state index contributed by atoms with van der Waals surface area (Å²) in [5.41, 5.74) is 4.20. The van der Waals surface area contributed by atoms with E-state index in [1.54, 1.807) is 23.5 Å². The molecule has 1 N–H and O–H groups in total. The minimum absolute atomic E-state index is 0.199. The summed E-state index contributed by atoms with van der Waals surface area (Å²) in [5.74, 6) is -0.199. The molecule has 1 aromatic heterocycles. The molecule has 0 aliphatic carbocycles. The molecule has 144 valence electrons. The molecular formula is C20H19N3O3S2. The third kappa shape index (κ3) is 3.41. The van der Waals surface area contributed by atoms with Gasteiger partial charge in [-0.15, -0.1) is 11.3 Å². The molecule has 0 radical (unpaired) electrons. The van der Waals surface area contributed by atoms with Gasteiger partial charge in [0.2, 0.25) is 5.91 Å². The lowest BCUT2D eigenvalue weighted by Gasteiger charge is -2.20. The number of carbonyl (C=O) groups excluding carboxylic acids is 1. The maximum absolute atomic E-state index is 13.1. The van der Waals surface area contributed by atoms with Crippen LogP contribution in [0.3, 0.4) is 0 Å². The molecule has 0 atom stereocenters. The van der Waals surface area contributed by atoms with Crippen molar-refractivity contribution >= 4 is 38.6 Å². The van der Waals surface area contributed by atoms with Crippen LogP contribution in [-0.4, -0.2) is 25.9 Å². The van der Waals surface area contributed by atoms with Crippen LogP contribution < -0.4 is 9.62 Å². The number of benzene rings is 2. The van der Waals surface area contributed by atoms with Crippen molar-refractivity contribution in [1.29, 1.82) is 0 Å². The Kier molecular flexibility index (Phi) is 4.68. The van der Waals surface area contributed by atoms with Crippen LogP contribution >= 0.6 is 11.3 Å².